The molecule has 0 atom stereocenters. The molecule has 0 aliphatic heterocycles. The number of rotatable bonds is 5. The molecule has 0 spiro atoms. The van der Waals surface area contributed by atoms with Gasteiger partial charge in [0.1, 0.15) is 11.5 Å². The summed E-state index contributed by atoms with van der Waals surface area (Å²) >= 11 is 0. The largest absolute Gasteiger partial charge is 0.457 e. The van der Waals surface area contributed by atoms with Gasteiger partial charge in [-0.3, -0.25) is 9.59 Å². The number of nitrogens with two attached hydrogens (primary N) is 1. The molecule has 1 aromatic heterocycles. The summed E-state index contributed by atoms with van der Waals surface area (Å²) < 4.78 is 5.52. The van der Waals surface area contributed by atoms with E-state index in [0.29, 0.717) is 5.76 Å². The molecule has 0 bridgehead atoms. The second kappa shape index (κ2) is 5.35. The number of primary amides is 1. The van der Waals surface area contributed by atoms with Crippen LogP contribution in [0.25, 0.3) is 17.4 Å². The van der Waals surface area contributed by atoms with E-state index in [1.165, 1.54) is 0 Å². The summed E-state index contributed by atoms with van der Waals surface area (Å²) in [6, 6.07) is 10.9. The highest BCUT2D eigenvalue weighted by molar-refractivity contribution is 6.36. The second-order valence-electron chi connectivity index (χ2n) is 4.07. The first-order valence-electron chi connectivity index (χ1n) is 5.74. The fourth-order valence-electron chi connectivity index (χ4n) is 1.68. The molecular formula is C15H13NO3. The predicted octanol–water partition coefficient (Wildman–Crippen LogP) is 2.19. The molecule has 1 heterocycles. The van der Waals surface area contributed by atoms with Crippen LogP contribution in [0.4, 0.5) is 0 Å². The van der Waals surface area contributed by atoms with Gasteiger partial charge in [0.15, 0.2) is 0 Å². The number of Topliss-reactive ketones (excluding diaryl/α,β-unsaturated/α-hetero) is 1. The molecule has 2 rings (SSSR count). The van der Waals surface area contributed by atoms with Crippen LogP contribution >= 0.6 is 0 Å². The van der Waals surface area contributed by atoms with Gasteiger partial charge >= 0.3 is 0 Å². The molecule has 2 N–H and O–H groups in total. The molecule has 0 aliphatic carbocycles. The molecule has 4 heteroatoms. The minimum Gasteiger partial charge on any atom is -0.457 e. The smallest absolute Gasteiger partial charge is 0.285 e. The number of amides is 1. The molecule has 1 amide bonds. The summed E-state index contributed by atoms with van der Waals surface area (Å²) in [6.45, 7) is 3.63. The lowest BCUT2D eigenvalue weighted by molar-refractivity contribution is -0.135. The summed E-state index contributed by atoms with van der Waals surface area (Å²) in [4.78, 5) is 21.9. The van der Waals surface area contributed by atoms with Crippen molar-refractivity contribution in [3.05, 3.63) is 54.3 Å². The van der Waals surface area contributed by atoms with E-state index in [2.05, 4.69) is 6.58 Å². The van der Waals surface area contributed by atoms with Gasteiger partial charge in [-0.2, -0.15) is 0 Å². The van der Waals surface area contributed by atoms with Crippen molar-refractivity contribution in [2.75, 3.05) is 0 Å². The van der Waals surface area contributed by atoms with Gasteiger partial charge in [0, 0.05) is 12.0 Å². The zero-order valence-corrected chi connectivity index (χ0v) is 10.3. The molecule has 0 radical (unpaired) electrons. The number of ketones is 1. The maximum atomic E-state index is 11.2. The summed E-state index contributed by atoms with van der Waals surface area (Å²) in [7, 11) is 0. The Morgan fingerprint density at radius 3 is 2.37 bits per heavy atom. The van der Waals surface area contributed by atoms with Crippen molar-refractivity contribution in [3.8, 4) is 11.3 Å². The summed E-state index contributed by atoms with van der Waals surface area (Å²) in [5, 5.41) is 0. The average Bonchev–Trinajstić information content (AvgIpc) is 2.88. The van der Waals surface area contributed by atoms with Crippen LogP contribution in [-0.2, 0) is 16.0 Å². The van der Waals surface area contributed by atoms with Gasteiger partial charge in [-0.05, 0) is 23.8 Å². The highest BCUT2D eigenvalue weighted by Gasteiger charge is 2.10. The molecule has 96 valence electrons. The van der Waals surface area contributed by atoms with Crippen LogP contribution in [-0.4, -0.2) is 11.7 Å². The first-order valence-corrected chi connectivity index (χ1v) is 5.74. The third-order valence-electron chi connectivity index (χ3n) is 2.71. The predicted molar refractivity (Wildman–Crippen MR) is 72.1 cm³/mol. The van der Waals surface area contributed by atoms with E-state index in [0.717, 1.165) is 16.9 Å². The van der Waals surface area contributed by atoms with Crippen molar-refractivity contribution in [1.29, 1.82) is 0 Å². The Balaban J connectivity index is 2.16. The highest BCUT2D eigenvalue weighted by Crippen LogP contribution is 2.23. The lowest BCUT2D eigenvalue weighted by atomic mass is 10.1. The Morgan fingerprint density at radius 1 is 1.16 bits per heavy atom. The van der Waals surface area contributed by atoms with Crippen molar-refractivity contribution >= 4 is 17.8 Å². The fraction of sp³-hybridized carbons (Fsp3) is 0.0667. The van der Waals surface area contributed by atoms with Crippen LogP contribution in [0.2, 0.25) is 0 Å². The number of hydrogen-bond donors (Lipinski definition) is 1. The van der Waals surface area contributed by atoms with Crippen molar-refractivity contribution in [1.82, 2.24) is 0 Å². The van der Waals surface area contributed by atoms with Crippen LogP contribution in [0.5, 0.6) is 0 Å². The first kappa shape index (κ1) is 12.8. The Morgan fingerprint density at radius 2 is 1.84 bits per heavy atom. The fourth-order valence-corrected chi connectivity index (χ4v) is 1.68. The third kappa shape index (κ3) is 2.98. The van der Waals surface area contributed by atoms with Gasteiger partial charge in [0.05, 0.1) is 0 Å². The van der Waals surface area contributed by atoms with E-state index >= 15 is 0 Å². The Labute approximate surface area is 110 Å². The van der Waals surface area contributed by atoms with Crippen LogP contribution in [0, 0.1) is 0 Å². The lowest BCUT2D eigenvalue weighted by Gasteiger charge is -2.01. The van der Waals surface area contributed by atoms with Crippen LogP contribution in [0.15, 0.2) is 47.4 Å². The van der Waals surface area contributed by atoms with E-state index in [9.17, 15) is 9.59 Å². The van der Waals surface area contributed by atoms with E-state index in [-0.39, 0.29) is 6.42 Å². The molecule has 4 nitrogen and oxygen atoms in total. The standard InChI is InChI=1S/C15H13NO3/c1-2-12-7-8-14(19-12)11-5-3-10(4-6-11)9-13(17)15(16)18/h2-8H,1,9H2,(H2,16,18). The Bertz CT molecular complexity index is 623. The van der Waals surface area contributed by atoms with Crippen molar-refractivity contribution in [2.45, 2.75) is 6.42 Å². The molecule has 0 saturated heterocycles. The zero-order valence-electron chi connectivity index (χ0n) is 10.3. The molecule has 0 aliphatic rings. The molecule has 2 aromatic rings. The minimum absolute atomic E-state index is 0.0195. The third-order valence-corrected chi connectivity index (χ3v) is 2.71. The second-order valence-corrected chi connectivity index (χ2v) is 4.07. The number of hydrogen-bond acceptors (Lipinski definition) is 3. The number of benzene rings is 1. The van der Waals surface area contributed by atoms with Gasteiger partial charge in [0.25, 0.3) is 5.91 Å². The first-order chi connectivity index (χ1) is 9.10. The monoisotopic (exact) mass is 255 g/mol. The summed E-state index contributed by atoms with van der Waals surface area (Å²) in [5.41, 5.74) is 6.54. The van der Waals surface area contributed by atoms with Gasteiger partial charge in [-0.25, -0.2) is 0 Å². The lowest BCUT2D eigenvalue weighted by Crippen LogP contribution is -2.24. The maximum absolute atomic E-state index is 11.2. The van der Waals surface area contributed by atoms with Gasteiger partial charge in [-0.1, -0.05) is 30.8 Å². The normalized spacial score (nSPS) is 10.1. The molecule has 0 saturated carbocycles. The van der Waals surface area contributed by atoms with E-state index in [1.54, 1.807) is 18.2 Å². The van der Waals surface area contributed by atoms with Crippen LogP contribution in [0.1, 0.15) is 11.3 Å². The Hall–Kier alpha value is -2.62. The van der Waals surface area contributed by atoms with Gasteiger partial charge in [-0.15, -0.1) is 0 Å². The van der Waals surface area contributed by atoms with Crippen LogP contribution < -0.4 is 5.73 Å². The number of carbonyl (C=O) groups excluding carboxylic acids is 2. The molecule has 0 unspecified atom stereocenters. The molecule has 1 aromatic carbocycles. The van der Waals surface area contributed by atoms with Gasteiger partial charge < -0.3 is 10.2 Å². The van der Waals surface area contributed by atoms with E-state index < -0.39 is 11.7 Å². The van der Waals surface area contributed by atoms with E-state index in [1.807, 2.05) is 24.3 Å². The SMILES string of the molecule is C=Cc1ccc(-c2ccc(CC(=O)C(N)=O)cc2)o1. The Kier molecular flexibility index (Phi) is 3.61. The highest BCUT2D eigenvalue weighted by atomic mass is 16.3. The summed E-state index contributed by atoms with van der Waals surface area (Å²) in [5.74, 6) is -0.0870. The molecule has 19 heavy (non-hydrogen) atoms. The van der Waals surface area contributed by atoms with Gasteiger partial charge in [0.2, 0.25) is 5.78 Å². The molecular weight excluding hydrogens is 242 g/mol. The maximum Gasteiger partial charge on any atom is 0.285 e. The van der Waals surface area contributed by atoms with Crippen molar-refractivity contribution < 1.29 is 14.0 Å². The average molecular weight is 255 g/mol. The van der Waals surface area contributed by atoms with Crippen LogP contribution in [0.3, 0.4) is 0 Å². The zero-order chi connectivity index (χ0) is 13.8. The summed E-state index contributed by atoms with van der Waals surface area (Å²) in [6.07, 6.45) is 1.65. The quantitative estimate of drug-likeness (QED) is 0.832. The number of furan rings is 1. The minimum atomic E-state index is -0.911. The van der Waals surface area contributed by atoms with E-state index in [4.69, 9.17) is 10.2 Å². The van der Waals surface area contributed by atoms with Crippen molar-refractivity contribution in [2.24, 2.45) is 5.73 Å². The van der Waals surface area contributed by atoms with Crippen molar-refractivity contribution in [3.63, 3.8) is 0 Å². The number of carbonyl (C=O) groups is 2. The molecule has 0 fully saturated rings. The topological polar surface area (TPSA) is 73.3 Å².